The molecule has 38 heavy (non-hydrogen) atoms. The highest BCUT2D eigenvalue weighted by Crippen LogP contribution is 2.29. The van der Waals surface area contributed by atoms with Crippen molar-refractivity contribution in [1.82, 2.24) is 10.2 Å². The Hall–Kier alpha value is -3.65. The first kappa shape index (κ1) is 28.9. The number of aryl methyl sites for hydroxylation is 1. The lowest BCUT2D eigenvalue weighted by Gasteiger charge is -2.34. The largest absolute Gasteiger partial charge is 0.357 e. The quantitative estimate of drug-likeness (QED) is 0.397. The molecule has 3 aromatic carbocycles. The Labute approximate surface area is 226 Å². The Kier molecular flexibility index (Phi) is 9.69. The fourth-order valence-electron chi connectivity index (χ4n) is 4.41. The molecule has 2 amide bonds. The van der Waals surface area contributed by atoms with Gasteiger partial charge in [-0.25, -0.2) is 8.42 Å². The number of rotatable bonds is 11. The lowest BCUT2D eigenvalue weighted by atomic mass is 10.0. The van der Waals surface area contributed by atoms with Crippen LogP contribution >= 0.6 is 0 Å². The number of anilines is 1. The molecule has 0 heterocycles. The standard InChI is InChI=1S/C30H37N3O4S/c1-22(2)26-13-9-10-14-27(26)33(38(5,36)37)21-29(34)32(20-25-17-15-23(3)16-18-25)28(30(35)31-4)19-24-11-7-6-8-12-24/h6-18,22,28H,19-21H2,1-5H3,(H,31,35)/t28-/m0/s1. The van der Waals surface area contributed by atoms with Crippen LogP contribution in [0.15, 0.2) is 78.9 Å². The highest BCUT2D eigenvalue weighted by Gasteiger charge is 2.33. The summed E-state index contributed by atoms with van der Waals surface area (Å²) in [4.78, 5) is 28.7. The van der Waals surface area contributed by atoms with E-state index in [0.717, 1.165) is 32.8 Å². The van der Waals surface area contributed by atoms with Crippen molar-refractivity contribution >= 4 is 27.5 Å². The van der Waals surface area contributed by atoms with Gasteiger partial charge < -0.3 is 10.2 Å². The Morgan fingerprint density at radius 1 is 0.868 bits per heavy atom. The van der Waals surface area contributed by atoms with Gasteiger partial charge in [-0.05, 0) is 35.6 Å². The Bertz CT molecular complexity index is 1340. The van der Waals surface area contributed by atoms with Gasteiger partial charge in [0.25, 0.3) is 0 Å². The Morgan fingerprint density at radius 3 is 2.05 bits per heavy atom. The summed E-state index contributed by atoms with van der Waals surface area (Å²) in [6, 6.07) is 23.6. The molecule has 202 valence electrons. The van der Waals surface area contributed by atoms with Gasteiger partial charge >= 0.3 is 0 Å². The number of para-hydroxylation sites is 1. The topological polar surface area (TPSA) is 86.8 Å². The molecule has 0 spiro atoms. The second-order valence-electron chi connectivity index (χ2n) is 9.81. The molecule has 1 N–H and O–H groups in total. The summed E-state index contributed by atoms with van der Waals surface area (Å²) in [7, 11) is -2.27. The van der Waals surface area contributed by atoms with E-state index in [4.69, 9.17) is 0 Å². The van der Waals surface area contributed by atoms with Crippen LogP contribution in [0.5, 0.6) is 0 Å². The van der Waals surface area contributed by atoms with Crippen LogP contribution in [0.2, 0.25) is 0 Å². The van der Waals surface area contributed by atoms with Gasteiger partial charge in [0, 0.05) is 20.0 Å². The van der Waals surface area contributed by atoms with Gasteiger partial charge in [0.15, 0.2) is 0 Å². The molecule has 3 aromatic rings. The first-order valence-electron chi connectivity index (χ1n) is 12.7. The summed E-state index contributed by atoms with van der Waals surface area (Å²) in [5.74, 6) is -0.729. The minimum Gasteiger partial charge on any atom is -0.357 e. The van der Waals surface area contributed by atoms with Gasteiger partial charge in [-0.1, -0.05) is 92.2 Å². The van der Waals surface area contributed by atoms with E-state index in [1.165, 1.54) is 11.9 Å². The van der Waals surface area contributed by atoms with Crippen molar-refractivity contribution in [3.05, 3.63) is 101 Å². The summed E-state index contributed by atoms with van der Waals surface area (Å²) in [5, 5.41) is 2.69. The maximum Gasteiger partial charge on any atom is 0.244 e. The van der Waals surface area contributed by atoms with Crippen LogP contribution in [0.25, 0.3) is 0 Å². The molecular weight excluding hydrogens is 498 g/mol. The molecule has 0 bridgehead atoms. The molecule has 0 saturated carbocycles. The SMILES string of the molecule is CNC(=O)[C@H](Cc1ccccc1)N(Cc1ccc(C)cc1)C(=O)CN(c1ccccc1C(C)C)S(C)(=O)=O. The van der Waals surface area contributed by atoms with Gasteiger partial charge in [-0.2, -0.15) is 0 Å². The molecule has 7 nitrogen and oxygen atoms in total. The summed E-state index contributed by atoms with van der Waals surface area (Å²) >= 11 is 0. The number of nitrogens with one attached hydrogen (secondary N) is 1. The zero-order chi connectivity index (χ0) is 27.9. The van der Waals surface area contributed by atoms with E-state index in [1.54, 1.807) is 12.1 Å². The second-order valence-corrected chi connectivity index (χ2v) is 11.7. The first-order chi connectivity index (χ1) is 18.0. The van der Waals surface area contributed by atoms with Crippen LogP contribution in [0, 0.1) is 6.92 Å². The third-order valence-corrected chi connectivity index (χ3v) is 7.62. The van der Waals surface area contributed by atoms with Crippen LogP contribution in [-0.4, -0.2) is 51.0 Å². The van der Waals surface area contributed by atoms with Crippen LogP contribution in [0.3, 0.4) is 0 Å². The monoisotopic (exact) mass is 535 g/mol. The maximum atomic E-state index is 14.0. The average molecular weight is 536 g/mol. The van der Waals surface area contributed by atoms with Crippen molar-refractivity contribution in [3.63, 3.8) is 0 Å². The molecule has 0 aliphatic rings. The predicted octanol–water partition coefficient (Wildman–Crippen LogP) is 4.27. The molecule has 0 aromatic heterocycles. The van der Waals surface area contributed by atoms with E-state index in [0.29, 0.717) is 12.1 Å². The molecule has 0 aliphatic heterocycles. The van der Waals surface area contributed by atoms with Crippen molar-refractivity contribution < 1.29 is 18.0 Å². The highest BCUT2D eigenvalue weighted by atomic mass is 32.2. The van der Waals surface area contributed by atoms with Crippen LogP contribution in [0.4, 0.5) is 5.69 Å². The van der Waals surface area contributed by atoms with Gasteiger partial charge in [0.2, 0.25) is 21.8 Å². The predicted molar refractivity (Wildman–Crippen MR) is 152 cm³/mol. The number of carbonyl (C=O) groups is 2. The average Bonchev–Trinajstić information content (AvgIpc) is 2.89. The number of benzene rings is 3. The number of hydrogen-bond donors (Lipinski definition) is 1. The van der Waals surface area contributed by atoms with Crippen molar-refractivity contribution in [2.75, 3.05) is 24.2 Å². The summed E-state index contributed by atoms with van der Waals surface area (Å²) < 4.78 is 27.1. The van der Waals surface area contributed by atoms with Crippen LogP contribution < -0.4 is 9.62 Å². The van der Waals surface area contributed by atoms with Gasteiger partial charge in [0.05, 0.1) is 11.9 Å². The van der Waals surface area contributed by atoms with E-state index in [2.05, 4.69) is 5.32 Å². The third-order valence-electron chi connectivity index (χ3n) is 6.50. The van der Waals surface area contributed by atoms with E-state index >= 15 is 0 Å². The molecule has 3 rings (SSSR count). The fraction of sp³-hybridized carbons (Fsp3) is 0.333. The van der Waals surface area contributed by atoms with Crippen LogP contribution in [0.1, 0.15) is 42.0 Å². The molecule has 0 aliphatic carbocycles. The Balaban J connectivity index is 2.06. The number of nitrogens with zero attached hydrogens (tertiary/aromatic N) is 2. The summed E-state index contributed by atoms with van der Waals surface area (Å²) in [5.41, 5.74) is 4.11. The molecular formula is C30H37N3O4S. The highest BCUT2D eigenvalue weighted by molar-refractivity contribution is 7.92. The van der Waals surface area contributed by atoms with Crippen molar-refractivity contribution in [1.29, 1.82) is 0 Å². The lowest BCUT2D eigenvalue weighted by molar-refractivity contribution is -0.139. The maximum absolute atomic E-state index is 14.0. The number of hydrogen-bond acceptors (Lipinski definition) is 4. The smallest absolute Gasteiger partial charge is 0.244 e. The normalized spacial score (nSPS) is 12.2. The number of amides is 2. The number of carbonyl (C=O) groups excluding carboxylic acids is 2. The zero-order valence-electron chi connectivity index (χ0n) is 22.7. The first-order valence-corrected chi connectivity index (χ1v) is 14.5. The molecule has 0 saturated heterocycles. The lowest BCUT2D eigenvalue weighted by Crippen LogP contribution is -2.53. The summed E-state index contributed by atoms with van der Waals surface area (Å²) in [6.07, 6.45) is 1.39. The zero-order valence-corrected chi connectivity index (χ0v) is 23.5. The van der Waals surface area contributed by atoms with Crippen LogP contribution in [-0.2, 0) is 32.6 Å². The minimum atomic E-state index is -3.81. The second kappa shape index (κ2) is 12.7. The molecule has 0 fully saturated rings. The van der Waals surface area contributed by atoms with Gasteiger partial charge in [-0.15, -0.1) is 0 Å². The number of sulfonamides is 1. The van der Waals surface area contributed by atoms with E-state index < -0.39 is 28.5 Å². The van der Waals surface area contributed by atoms with Crippen molar-refractivity contribution in [2.45, 2.75) is 45.7 Å². The van der Waals surface area contributed by atoms with Crippen molar-refractivity contribution in [3.8, 4) is 0 Å². The number of likely N-dealkylation sites (N-methyl/N-ethyl adjacent to an activating group) is 1. The molecule has 0 radical (unpaired) electrons. The third kappa shape index (κ3) is 7.44. The molecule has 8 heteroatoms. The fourth-order valence-corrected chi connectivity index (χ4v) is 5.28. The Morgan fingerprint density at radius 2 is 1.47 bits per heavy atom. The van der Waals surface area contributed by atoms with E-state index in [9.17, 15) is 18.0 Å². The van der Waals surface area contributed by atoms with Crippen molar-refractivity contribution in [2.24, 2.45) is 0 Å². The molecule has 1 atom stereocenters. The minimum absolute atomic E-state index is 0.0471. The van der Waals surface area contributed by atoms with E-state index in [-0.39, 0.29) is 18.4 Å². The van der Waals surface area contributed by atoms with Gasteiger partial charge in [-0.3, -0.25) is 13.9 Å². The van der Waals surface area contributed by atoms with E-state index in [1.807, 2.05) is 87.5 Å². The molecule has 0 unspecified atom stereocenters. The van der Waals surface area contributed by atoms with Gasteiger partial charge in [0.1, 0.15) is 12.6 Å². The summed E-state index contributed by atoms with van der Waals surface area (Å²) in [6.45, 7) is 5.67.